The van der Waals surface area contributed by atoms with Crippen LogP contribution in [0.25, 0.3) is 0 Å². The SMILES string of the molecule is CCN(CC)C(=O)C[C@H](O)[C@H]1COC(C)(C)N1C(=O)OC(C)(C)C. The summed E-state index contributed by atoms with van der Waals surface area (Å²) in [4.78, 5) is 27.8. The van der Waals surface area contributed by atoms with Crippen molar-refractivity contribution >= 4 is 12.0 Å². The van der Waals surface area contributed by atoms with Crippen LogP contribution in [0, 0.1) is 0 Å². The third-order valence-corrected chi connectivity index (χ3v) is 4.05. The summed E-state index contributed by atoms with van der Waals surface area (Å²) in [5, 5.41) is 10.5. The van der Waals surface area contributed by atoms with Crippen molar-refractivity contribution in [3.8, 4) is 0 Å². The number of amides is 2. The Bertz CT molecular complexity index is 454. The lowest BCUT2D eigenvalue weighted by Crippen LogP contribution is -2.54. The highest BCUT2D eigenvalue weighted by atomic mass is 16.6. The molecule has 2 atom stereocenters. The number of carbonyl (C=O) groups is 2. The summed E-state index contributed by atoms with van der Waals surface area (Å²) >= 11 is 0. The summed E-state index contributed by atoms with van der Waals surface area (Å²) in [5.41, 5.74) is -1.55. The van der Waals surface area contributed by atoms with Crippen LogP contribution >= 0.6 is 0 Å². The molecule has 7 nitrogen and oxygen atoms in total. The van der Waals surface area contributed by atoms with Crippen molar-refractivity contribution in [1.29, 1.82) is 0 Å². The molecule has 0 spiro atoms. The van der Waals surface area contributed by atoms with Crippen LogP contribution in [0.15, 0.2) is 0 Å². The number of nitrogens with zero attached hydrogens (tertiary/aromatic N) is 2. The predicted octanol–water partition coefficient (Wildman–Crippen LogP) is 1.98. The lowest BCUT2D eigenvalue weighted by Gasteiger charge is -2.36. The Morgan fingerprint density at radius 1 is 1.33 bits per heavy atom. The van der Waals surface area contributed by atoms with E-state index >= 15 is 0 Å². The minimum atomic E-state index is -1.01. The van der Waals surface area contributed by atoms with Crippen molar-refractivity contribution in [1.82, 2.24) is 9.80 Å². The van der Waals surface area contributed by atoms with Crippen molar-refractivity contribution < 1.29 is 24.2 Å². The molecule has 0 radical (unpaired) electrons. The number of hydrogen-bond acceptors (Lipinski definition) is 5. The first-order chi connectivity index (χ1) is 10.9. The fourth-order valence-corrected chi connectivity index (χ4v) is 2.80. The van der Waals surface area contributed by atoms with Gasteiger partial charge < -0.3 is 19.5 Å². The van der Waals surface area contributed by atoms with Crippen LogP contribution in [0.2, 0.25) is 0 Å². The first-order valence-corrected chi connectivity index (χ1v) is 8.55. The average molecular weight is 344 g/mol. The second-order valence-electron chi connectivity index (χ2n) is 7.51. The highest BCUT2D eigenvalue weighted by Crippen LogP contribution is 2.31. The van der Waals surface area contributed by atoms with Crippen LogP contribution in [-0.4, -0.2) is 70.1 Å². The molecule has 1 fully saturated rings. The Hall–Kier alpha value is -1.34. The summed E-state index contributed by atoms with van der Waals surface area (Å²) in [6, 6.07) is -0.616. The first-order valence-electron chi connectivity index (χ1n) is 8.55. The third kappa shape index (κ3) is 5.08. The minimum absolute atomic E-state index is 0.0505. The molecule has 0 bridgehead atoms. The lowest BCUT2D eigenvalue weighted by molar-refractivity contribution is -0.134. The normalized spacial score (nSPS) is 21.5. The zero-order valence-electron chi connectivity index (χ0n) is 16.0. The fraction of sp³-hybridized carbons (Fsp3) is 0.882. The molecule has 1 aliphatic heterocycles. The van der Waals surface area contributed by atoms with Crippen LogP contribution in [0.4, 0.5) is 4.79 Å². The van der Waals surface area contributed by atoms with Crippen LogP contribution in [0.5, 0.6) is 0 Å². The van der Waals surface area contributed by atoms with Gasteiger partial charge in [-0.3, -0.25) is 9.69 Å². The first kappa shape index (κ1) is 20.7. The topological polar surface area (TPSA) is 79.3 Å². The Morgan fingerprint density at radius 2 is 1.88 bits per heavy atom. The van der Waals surface area contributed by atoms with E-state index in [0.717, 1.165) is 0 Å². The molecule has 1 aliphatic rings. The molecule has 140 valence electrons. The standard InChI is InChI=1S/C17H32N2O5/c1-8-18(9-2)14(21)10-13(20)12-11-23-17(6,7)19(12)15(22)24-16(3,4)5/h12-13,20H,8-11H2,1-7H3/t12-,13+/m1/s1. The van der Waals surface area contributed by atoms with E-state index < -0.39 is 29.6 Å². The largest absolute Gasteiger partial charge is 0.444 e. The van der Waals surface area contributed by atoms with E-state index in [1.165, 1.54) is 4.90 Å². The van der Waals surface area contributed by atoms with Gasteiger partial charge in [0.2, 0.25) is 5.91 Å². The quantitative estimate of drug-likeness (QED) is 0.825. The monoisotopic (exact) mass is 344 g/mol. The Kier molecular flexibility index (Phi) is 6.64. The molecule has 0 unspecified atom stereocenters. The van der Waals surface area contributed by atoms with E-state index in [2.05, 4.69) is 0 Å². The summed E-state index contributed by atoms with van der Waals surface area (Å²) < 4.78 is 11.1. The van der Waals surface area contributed by atoms with Gasteiger partial charge in [0.25, 0.3) is 0 Å². The van der Waals surface area contributed by atoms with Crippen LogP contribution < -0.4 is 0 Å². The molecule has 2 amide bonds. The van der Waals surface area contributed by atoms with E-state index in [1.807, 2.05) is 13.8 Å². The van der Waals surface area contributed by atoms with E-state index in [0.29, 0.717) is 13.1 Å². The molecule has 1 saturated heterocycles. The highest BCUT2D eigenvalue weighted by molar-refractivity contribution is 5.77. The van der Waals surface area contributed by atoms with Gasteiger partial charge in [0.1, 0.15) is 11.3 Å². The number of rotatable bonds is 5. The Balaban J connectivity index is 2.88. The van der Waals surface area contributed by atoms with Crippen molar-refractivity contribution in [3.63, 3.8) is 0 Å². The minimum Gasteiger partial charge on any atom is -0.444 e. The van der Waals surface area contributed by atoms with Crippen LogP contribution in [0.1, 0.15) is 54.9 Å². The Labute approximate surface area is 144 Å². The van der Waals surface area contributed by atoms with Gasteiger partial charge in [-0.1, -0.05) is 0 Å². The van der Waals surface area contributed by atoms with Crippen molar-refractivity contribution in [3.05, 3.63) is 0 Å². The van der Waals surface area contributed by atoms with Crippen molar-refractivity contribution in [2.75, 3.05) is 19.7 Å². The summed E-state index contributed by atoms with van der Waals surface area (Å²) in [6.07, 6.45) is -1.61. The van der Waals surface area contributed by atoms with Gasteiger partial charge in [-0.05, 0) is 48.5 Å². The molecule has 0 aromatic rings. The number of aliphatic hydroxyl groups is 1. The zero-order valence-corrected chi connectivity index (χ0v) is 16.0. The van der Waals surface area contributed by atoms with Gasteiger partial charge in [0.15, 0.2) is 0 Å². The summed E-state index contributed by atoms with van der Waals surface area (Å²) in [7, 11) is 0. The maximum atomic E-state index is 12.5. The molecule has 1 rings (SSSR count). The van der Waals surface area contributed by atoms with Crippen molar-refractivity contribution in [2.24, 2.45) is 0 Å². The molecular weight excluding hydrogens is 312 g/mol. The van der Waals surface area contributed by atoms with Gasteiger partial charge in [-0.15, -0.1) is 0 Å². The number of hydrogen-bond donors (Lipinski definition) is 1. The average Bonchev–Trinajstić information content (AvgIpc) is 2.73. The number of aliphatic hydroxyl groups excluding tert-OH is 1. The molecular formula is C17H32N2O5. The van der Waals surface area contributed by atoms with Crippen LogP contribution in [0.3, 0.4) is 0 Å². The van der Waals surface area contributed by atoms with E-state index in [9.17, 15) is 14.7 Å². The molecule has 24 heavy (non-hydrogen) atoms. The van der Waals surface area contributed by atoms with E-state index in [4.69, 9.17) is 9.47 Å². The second-order valence-corrected chi connectivity index (χ2v) is 7.51. The van der Waals surface area contributed by atoms with Gasteiger partial charge in [0, 0.05) is 13.1 Å². The summed E-state index contributed by atoms with van der Waals surface area (Å²) in [5.74, 6) is -0.138. The number of carbonyl (C=O) groups excluding carboxylic acids is 2. The van der Waals surface area contributed by atoms with Crippen molar-refractivity contribution in [2.45, 2.75) is 78.4 Å². The fourth-order valence-electron chi connectivity index (χ4n) is 2.80. The molecule has 7 heteroatoms. The maximum Gasteiger partial charge on any atom is 0.412 e. The van der Waals surface area contributed by atoms with Gasteiger partial charge in [0.05, 0.1) is 25.2 Å². The molecule has 1 heterocycles. The van der Waals surface area contributed by atoms with Gasteiger partial charge in [-0.25, -0.2) is 4.79 Å². The molecule has 0 aromatic carbocycles. The molecule has 0 aromatic heterocycles. The summed E-state index contributed by atoms with van der Waals surface area (Å²) in [6.45, 7) is 14.0. The smallest absolute Gasteiger partial charge is 0.412 e. The van der Waals surface area contributed by atoms with Gasteiger partial charge in [-0.2, -0.15) is 0 Å². The lowest BCUT2D eigenvalue weighted by atomic mass is 10.1. The maximum absolute atomic E-state index is 12.5. The predicted molar refractivity (Wildman–Crippen MR) is 90.4 cm³/mol. The van der Waals surface area contributed by atoms with E-state index in [1.54, 1.807) is 39.5 Å². The number of ether oxygens (including phenoxy) is 2. The molecule has 1 N–H and O–H groups in total. The zero-order chi connectivity index (χ0) is 18.7. The Morgan fingerprint density at radius 3 is 2.33 bits per heavy atom. The van der Waals surface area contributed by atoms with Crippen LogP contribution in [-0.2, 0) is 14.3 Å². The van der Waals surface area contributed by atoms with Gasteiger partial charge >= 0.3 is 6.09 Å². The highest BCUT2D eigenvalue weighted by Gasteiger charge is 2.48. The third-order valence-electron chi connectivity index (χ3n) is 4.05. The second kappa shape index (κ2) is 7.70. The molecule has 0 saturated carbocycles. The van der Waals surface area contributed by atoms with E-state index in [-0.39, 0.29) is 18.9 Å². The molecule has 0 aliphatic carbocycles.